The summed E-state index contributed by atoms with van der Waals surface area (Å²) in [4.78, 5) is 51.5. The summed E-state index contributed by atoms with van der Waals surface area (Å²) in [6.45, 7) is 2.68. The molecule has 9 nitrogen and oxygen atoms in total. The van der Waals surface area contributed by atoms with Crippen molar-refractivity contribution in [2.24, 2.45) is 5.92 Å². The molecule has 154 valence electrons. The van der Waals surface area contributed by atoms with Crippen LogP contribution >= 0.6 is 0 Å². The van der Waals surface area contributed by atoms with Gasteiger partial charge in [-0.15, -0.1) is 0 Å². The number of hydrogen-bond acceptors (Lipinski definition) is 6. The van der Waals surface area contributed by atoms with Gasteiger partial charge in [0.05, 0.1) is 6.61 Å². The molecule has 2 aliphatic heterocycles. The van der Waals surface area contributed by atoms with Crippen molar-refractivity contribution in [2.45, 2.75) is 38.5 Å². The van der Waals surface area contributed by atoms with E-state index < -0.39 is 30.1 Å². The highest BCUT2D eigenvalue weighted by Crippen LogP contribution is 2.34. The van der Waals surface area contributed by atoms with Crippen LogP contribution in [0.5, 0.6) is 0 Å². The van der Waals surface area contributed by atoms with Crippen molar-refractivity contribution < 1.29 is 33.8 Å². The molecule has 0 radical (unpaired) electrons. The Kier molecular flexibility index (Phi) is 4.99. The highest BCUT2D eigenvalue weighted by atomic mass is 16.6. The number of carboxylic acid groups (broad SMARTS) is 1. The van der Waals surface area contributed by atoms with Crippen molar-refractivity contribution in [3.8, 4) is 0 Å². The van der Waals surface area contributed by atoms with Crippen LogP contribution in [0.15, 0.2) is 18.2 Å². The molecular formula is C20H22N2O7. The van der Waals surface area contributed by atoms with Gasteiger partial charge in [0.2, 0.25) is 6.10 Å². The van der Waals surface area contributed by atoms with E-state index in [9.17, 15) is 24.3 Å². The smallest absolute Gasteiger partial charge is 0.348 e. The predicted molar refractivity (Wildman–Crippen MR) is 99.2 cm³/mol. The van der Waals surface area contributed by atoms with Crippen LogP contribution in [0.2, 0.25) is 0 Å². The minimum Gasteiger partial charge on any atom is -0.478 e. The van der Waals surface area contributed by atoms with Crippen LogP contribution in [0.25, 0.3) is 0 Å². The maximum Gasteiger partial charge on any atom is 0.348 e. The average Bonchev–Trinajstić information content (AvgIpc) is 3.44. The SMILES string of the molecule is CC(=O)OC(C(=O)O)[C@H]1OCCN(c2ccc3c(c2)C(=O)N(CC2CC2)C3)C1=O. The first-order chi connectivity index (χ1) is 13.8. The number of carbonyl (C=O) groups excluding carboxylic acids is 3. The van der Waals surface area contributed by atoms with E-state index in [1.807, 2.05) is 11.0 Å². The summed E-state index contributed by atoms with van der Waals surface area (Å²) < 4.78 is 10.1. The molecule has 0 aromatic heterocycles. The van der Waals surface area contributed by atoms with Crippen LogP contribution < -0.4 is 4.90 Å². The maximum atomic E-state index is 12.9. The Balaban J connectivity index is 1.55. The second-order valence-corrected chi connectivity index (χ2v) is 7.62. The second kappa shape index (κ2) is 7.47. The summed E-state index contributed by atoms with van der Waals surface area (Å²) in [6, 6.07) is 5.25. The maximum absolute atomic E-state index is 12.9. The van der Waals surface area contributed by atoms with E-state index in [2.05, 4.69) is 0 Å². The van der Waals surface area contributed by atoms with Gasteiger partial charge >= 0.3 is 11.9 Å². The summed E-state index contributed by atoms with van der Waals surface area (Å²) in [5, 5.41) is 9.34. The fraction of sp³-hybridized carbons (Fsp3) is 0.500. The summed E-state index contributed by atoms with van der Waals surface area (Å²) in [5.41, 5.74) is 1.98. The summed E-state index contributed by atoms with van der Waals surface area (Å²) in [7, 11) is 0. The number of hydrogen-bond donors (Lipinski definition) is 1. The van der Waals surface area contributed by atoms with E-state index in [0.717, 1.165) is 31.9 Å². The van der Waals surface area contributed by atoms with Crippen LogP contribution in [0.4, 0.5) is 5.69 Å². The molecule has 1 saturated heterocycles. The number of aliphatic carboxylic acids is 1. The summed E-state index contributed by atoms with van der Waals surface area (Å²) in [6.07, 6.45) is -0.863. The van der Waals surface area contributed by atoms with E-state index in [1.165, 1.54) is 4.90 Å². The van der Waals surface area contributed by atoms with Gasteiger partial charge in [0.25, 0.3) is 11.8 Å². The highest BCUT2D eigenvalue weighted by Gasteiger charge is 2.43. The van der Waals surface area contributed by atoms with E-state index in [0.29, 0.717) is 23.7 Å². The van der Waals surface area contributed by atoms with E-state index in [4.69, 9.17) is 9.47 Å². The van der Waals surface area contributed by atoms with Crippen molar-refractivity contribution in [2.75, 3.05) is 24.6 Å². The molecule has 2 amide bonds. The van der Waals surface area contributed by atoms with Crippen molar-refractivity contribution >= 4 is 29.4 Å². The lowest BCUT2D eigenvalue weighted by molar-refractivity contribution is -0.177. The standard InChI is InChI=1S/C20H22N2O7/c1-11(23)29-17(20(26)27)16-19(25)22(6-7-28-16)14-5-4-13-10-21(9-12-2-3-12)18(24)15(13)8-14/h4-5,8,12,16-17H,2-3,6-7,9-10H2,1H3,(H,26,27)/t16-,17?/m1/s1. The van der Waals surface area contributed by atoms with Gasteiger partial charge < -0.3 is 24.4 Å². The molecule has 4 rings (SSSR count). The quantitative estimate of drug-likeness (QED) is 0.700. The minimum atomic E-state index is -1.73. The van der Waals surface area contributed by atoms with Crippen molar-refractivity contribution in [1.29, 1.82) is 0 Å². The van der Waals surface area contributed by atoms with Crippen LogP contribution in [0.3, 0.4) is 0 Å². The third kappa shape index (κ3) is 3.82. The van der Waals surface area contributed by atoms with Crippen molar-refractivity contribution in [3.63, 3.8) is 0 Å². The van der Waals surface area contributed by atoms with E-state index in [1.54, 1.807) is 12.1 Å². The van der Waals surface area contributed by atoms with Gasteiger partial charge in [-0.25, -0.2) is 4.79 Å². The number of carbonyl (C=O) groups is 4. The number of esters is 1. The number of morpholine rings is 1. The fourth-order valence-corrected chi connectivity index (χ4v) is 3.78. The third-order valence-electron chi connectivity index (χ3n) is 5.39. The fourth-order valence-electron chi connectivity index (χ4n) is 3.78. The number of anilines is 1. The normalized spacial score (nSPS) is 22.4. The lowest BCUT2D eigenvalue weighted by Gasteiger charge is -2.34. The van der Waals surface area contributed by atoms with Gasteiger partial charge in [-0.3, -0.25) is 14.4 Å². The number of nitrogens with zero attached hydrogens (tertiary/aromatic N) is 2. The number of rotatable bonds is 6. The Morgan fingerprint density at radius 1 is 1.31 bits per heavy atom. The Morgan fingerprint density at radius 2 is 2.07 bits per heavy atom. The molecule has 2 fully saturated rings. The third-order valence-corrected chi connectivity index (χ3v) is 5.39. The van der Waals surface area contributed by atoms with Crippen molar-refractivity contribution in [1.82, 2.24) is 4.90 Å². The number of benzene rings is 1. The molecule has 1 aromatic carbocycles. The molecule has 3 aliphatic rings. The van der Waals surface area contributed by atoms with Gasteiger partial charge in [-0.1, -0.05) is 6.07 Å². The molecule has 2 atom stereocenters. The van der Waals surface area contributed by atoms with Crippen LogP contribution in [0.1, 0.15) is 35.7 Å². The van der Waals surface area contributed by atoms with Crippen LogP contribution in [-0.4, -0.2) is 65.7 Å². The number of ether oxygens (including phenoxy) is 2. The zero-order chi connectivity index (χ0) is 20.7. The summed E-state index contributed by atoms with van der Waals surface area (Å²) >= 11 is 0. The Labute approximate surface area is 167 Å². The molecule has 0 spiro atoms. The summed E-state index contributed by atoms with van der Waals surface area (Å²) in [5.74, 6) is -2.35. The first-order valence-electron chi connectivity index (χ1n) is 9.60. The molecule has 1 aromatic rings. The number of carboxylic acids is 1. The monoisotopic (exact) mass is 402 g/mol. The molecule has 9 heteroatoms. The highest BCUT2D eigenvalue weighted by molar-refractivity contribution is 6.03. The van der Waals surface area contributed by atoms with Gasteiger partial charge in [0, 0.05) is 37.8 Å². The first-order valence-corrected chi connectivity index (χ1v) is 9.60. The van der Waals surface area contributed by atoms with Gasteiger partial charge in [-0.05, 0) is 36.5 Å². The topological polar surface area (TPSA) is 113 Å². The zero-order valence-corrected chi connectivity index (χ0v) is 16.0. The largest absolute Gasteiger partial charge is 0.478 e. The van der Waals surface area contributed by atoms with Gasteiger partial charge in [0.1, 0.15) is 0 Å². The molecule has 1 N–H and O–H groups in total. The Morgan fingerprint density at radius 3 is 2.72 bits per heavy atom. The molecule has 1 saturated carbocycles. The Hall–Kier alpha value is -2.94. The predicted octanol–water partition coefficient (Wildman–Crippen LogP) is 0.800. The minimum absolute atomic E-state index is 0.0469. The van der Waals surface area contributed by atoms with Gasteiger partial charge in [-0.2, -0.15) is 0 Å². The second-order valence-electron chi connectivity index (χ2n) is 7.62. The molecule has 0 bridgehead atoms. The zero-order valence-electron chi connectivity index (χ0n) is 16.0. The molecule has 29 heavy (non-hydrogen) atoms. The average molecular weight is 402 g/mol. The molecular weight excluding hydrogens is 380 g/mol. The van der Waals surface area contributed by atoms with E-state index in [-0.39, 0.29) is 19.1 Å². The van der Waals surface area contributed by atoms with Crippen LogP contribution in [0, 0.1) is 5.92 Å². The van der Waals surface area contributed by atoms with Crippen LogP contribution in [-0.2, 0) is 30.4 Å². The number of fused-ring (bicyclic) bond motifs is 1. The Bertz CT molecular complexity index is 880. The molecule has 1 aliphatic carbocycles. The molecule has 2 heterocycles. The van der Waals surface area contributed by atoms with Gasteiger partial charge in [0.15, 0.2) is 6.10 Å². The van der Waals surface area contributed by atoms with Crippen molar-refractivity contribution in [3.05, 3.63) is 29.3 Å². The first kappa shape index (κ1) is 19.4. The van der Waals surface area contributed by atoms with E-state index >= 15 is 0 Å². The number of amides is 2. The molecule has 1 unspecified atom stereocenters. The lowest BCUT2D eigenvalue weighted by atomic mass is 10.1. The lowest BCUT2D eigenvalue weighted by Crippen LogP contribution is -2.55.